The van der Waals surface area contributed by atoms with Gasteiger partial charge < -0.3 is 5.32 Å². The third-order valence-corrected chi connectivity index (χ3v) is 5.04. The minimum Gasteiger partial charge on any atom is -0.324 e. The molecule has 0 saturated heterocycles. The van der Waals surface area contributed by atoms with Crippen LogP contribution in [0.4, 0.5) is 23.2 Å². The molecular formula is C11H8ClF4N3O2S. The molecule has 1 saturated carbocycles. The molecule has 1 aromatic rings. The molecule has 1 aromatic carbocycles. The molecule has 2 N–H and O–H groups in total. The minimum absolute atomic E-state index is 0.137. The normalized spacial score (nSPS) is 23.4. The Morgan fingerprint density at radius 2 is 1.91 bits per heavy atom. The van der Waals surface area contributed by atoms with Gasteiger partial charge >= 0.3 is 6.18 Å². The summed E-state index contributed by atoms with van der Waals surface area (Å²) in [6.07, 6.45) is -5.02. The van der Waals surface area contributed by atoms with E-state index in [1.165, 1.54) is 0 Å². The van der Waals surface area contributed by atoms with Gasteiger partial charge in [0.15, 0.2) is 5.54 Å². The summed E-state index contributed by atoms with van der Waals surface area (Å²) >= 11 is 5.55. The summed E-state index contributed by atoms with van der Waals surface area (Å²) in [6, 6.07) is 1.66. The number of rotatable bonds is 1. The van der Waals surface area contributed by atoms with E-state index in [0.29, 0.717) is 6.07 Å². The number of aliphatic imine (C=N–C) groups is 1. The number of alkyl halides is 3. The first-order valence-corrected chi connectivity index (χ1v) is 7.86. The second-order valence-electron chi connectivity index (χ2n) is 4.98. The van der Waals surface area contributed by atoms with Gasteiger partial charge in [0.2, 0.25) is 5.96 Å². The second kappa shape index (κ2) is 4.48. The summed E-state index contributed by atoms with van der Waals surface area (Å²) < 4.78 is 77.8. The number of benzene rings is 1. The maximum absolute atomic E-state index is 13.4. The van der Waals surface area contributed by atoms with Gasteiger partial charge in [-0.2, -0.15) is 13.2 Å². The van der Waals surface area contributed by atoms with E-state index in [4.69, 9.17) is 11.6 Å². The quantitative estimate of drug-likeness (QED) is 0.759. The zero-order valence-electron chi connectivity index (χ0n) is 10.6. The molecule has 0 atom stereocenters. The van der Waals surface area contributed by atoms with E-state index in [0.717, 1.165) is 6.07 Å². The standard InChI is InChI=1S/C11H8ClF4N3O2S/c12-5-3-7-8(4-6(5)13)22(20,21)19-9(17-7)18-10(1-2-10)11(14,15)16/h3-4H,1-2H2,(H2,17,18,19). The monoisotopic (exact) mass is 357 g/mol. The number of hydrogen-bond acceptors (Lipinski definition) is 3. The van der Waals surface area contributed by atoms with E-state index in [-0.39, 0.29) is 23.6 Å². The highest BCUT2D eigenvalue weighted by atomic mass is 35.5. The molecular weight excluding hydrogens is 350 g/mol. The number of fused-ring (bicyclic) bond motifs is 1. The Kier molecular flexibility index (Phi) is 3.12. The number of nitrogens with one attached hydrogen (secondary N) is 2. The van der Waals surface area contributed by atoms with E-state index in [1.807, 2.05) is 4.72 Å². The Labute approximate surface area is 127 Å². The summed E-state index contributed by atoms with van der Waals surface area (Å²) in [6.45, 7) is 0. The molecule has 0 aromatic heterocycles. The lowest BCUT2D eigenvalue weighted by molar-refractivity contribution is -0.155. The van der Waals surface area contributed by atoms with Crippen molar-refractivity contribution in [3.05, 3.63) is 23.0 Å². The first kappa shape index (κ1) is 15.3. The Balaban J connectivity index is 2.05. The number of sulfonamides is 1. The SMILES string of the molecule is O=S1(=O)NC(=NC2(C(F)(F)F)CC2)Nc2cc(Cl)c(F)cc21. The Hall–Kier alpha value is -1.55. The second-order valence-corrected chi connectivity index (χ2v) is 7.04. The molecule has 1 heterocycles. The van der Waals surface area contributed by atoms with Crippen LogP contribution >= 0.6 is 11.6 Å². The minimum atomic E-state index is -4.58. The number of guanidine groups is 1. The molecule has 5 nitrogen and oxygen atoms in total. The van der Waals surface area contributed by atoms with E-state index >= 15 is 0 Å². The highest BCUT2D eigenvalue weighted by Gasteiger charge is 2.64. The van der Waals surface area contributed by atoms with Crippen LogP contribution in [0.15, 0.2) is 22.0 Å². The Morgan fingerprint density at radius 1 is 1.27 bits per heavy atom. The molecule has 22 heavy (non-hydrogen) atoms. The van der Waals surface area contributed by atoms with Crippen molar-refractivity contribution >= 4 is 33.3 Å². The van der Waals surface area contributed by atoms with Crippen LogP contribution in [0, 0.1) is 5.82 Å². The van der Waals surface area contributed by atoms with Crippen molar-refractivity contribution in [2.75, 3.05) is 5.32 Å². The largest absolute Gasteiger partial charge is 0.413 e. The highest BCUT2D eigenvalue weighted by molar-refractivity contribution is 7.90. The molecule has 0 unspecified atom stereocenters. The van der Waals surface area contributed by atoms with Crippen LogP contribution in [0.5, 0.6) is 0 Å². The highest BCUT2D eigenvalue weighted by Crippen LogP contribution is 2.52. The van der Waals surface area contributed by atoms with Crippen LogP contribution < -0.4 is 10.0 Å². The summed E-state index contributed by atoms with van der Waals surface area (Å²) in [7, 11) is -4.23. The average Bonchev–Trinajstić information content (AvgIpc) is 3.11. The molecule has 1 fully saturated rings. The van der Waals surface area contributed by atoms with E-state index in [9.17, 15) is 26.0 Å². The van der Waals surface area contributed by atoms with Crippen molar-refractivity contribution in [1.29, 1.82) is 0 Å². The van der Waals surface area contributed by atoms with Crippen LogP contribution in [-0.2, 0) is 10.0 Å². The predicted octanol–water partition coefficient (Wildman–Crippen LogP) is 2.63. The summed E-state index contributed by atoms with van der Waals surface area (Å²) in [5.41, 5.74) is -2.42. The molecule has 0 radical (unpaired) electrons. The Morgan fingerprint density at radius 3 is 2.45 bits per heavy atom. The van der Waals surface area contributed by atoms with Gasteiger partial charge in [-0.1, -0.05) is 11.6 Å². The number of hydrogen-bond donors (Lipinski definition) is 2. The van der Waals surface area contributed by atoms with Crippen LogP contribution in [0.3, 0.4) is 0 Å². The van der Waals surface area contributed by atoms with E-state index in [2.05, 4.69) is 10.3 Å². The smallest absolute Gasteiger partial charge is 0.324 e. The van der Waals surface area contributed by atoms with Gasteiger partial charge in [0, 0.05) is 0 Å². The van der Waals surface area contributed by atoms with Crippen LogP contribution in [-0.4, -0.2) is 26.1 Å². The van der Waals surface area contributed by atoms with Crippen molar-refractivity contribution in [3.8, 4) is 0 Å². The maximum Gasteiger partial charge on any atom is 0.413 e. The topological polar surface area (TPSA) is 70.6 Å². The van der Waals surface area contributed by atoms with Crippen LogP contribution in [0.2, 0.25) is 5.02 Å². The fourth-order valence-corrected chi connectivity index (χ4v) is 3.31. The van der Waals surface area contributed by atoms with Gasteiger partial charge in [-0.05, 0) is 25.0 Å². The molecule has 3 rings (SSSR count). The van der Waals surface area contributed by atoms with Gasteiger partial charge in [-0.25, -0.2) is 22.5 Å². The third kappa shape index (κ3) is 2.39. The first-order chi connectivity index (χ1) is 10.0. The zero-order chi connectivity index (χ0) is 16.3. The van der Waals surface area contributed by atoms with Gasteiger partial charge in [0.1, 0.15) is 10.7 Å². The molecule has 1 aliphatic carbocycles. The van der Waals surface area contributed by atoms with Gasteiger partial charge in [0.25, 0.3) is 10.0 Å². The maximum atomic E-state index is 13.4. The molecule has 2 aliphatic rings. The molecule has 0 amide bonds. The van der Waals surface area contributed by atoms with Crippen molar-refractivity contribution in [2.45, 2.75) is 29.5 Å². The lowest BCUT2D eigenvalue weighted by atomic mass is 10.3. The lowest BCUT2D eigenvalue weighted by Gasteiger charge is -2.24. The number of nitrogens with zero attached hydrogens (tertiary/aromatic N) is 1. The first-order valence-electron chi connectivity index (χ1n) is 6.00. The van der Waals surface area contributed by atoms with E-state index < -0.39 is 38.4 Å². The number of halogens is 5. The van der Waals surface area contributed by atoms with Gasteiger partial charge in [-0.15, -0.1) is 0 Å². The predicted molar refractivity (Wildman–Crippen MR) is 70.8 cm³/mol. The lowest BCUT2D eigenvalue weighted by Crippen LogP contribution is -2.43. The van der Waals surface area contributed by atoms with Gasteiger partial charge in [-0.3, -0.25) is 0 Å². The molecule has 120 valence electrons. The van der Waals surface area contributed by atoms with Crippen molar-refractivity contribution in [2.24, 2.45) is 4.99 Å². The summed E-state index contributed by atoms with van der Waals surface area (Å²) in [4.78, 5) is 3.00. The van der Waals surface area contributed by atoms with Crippen molar-refractivity contribution in [1.82, 2.24) is 4.72 Å². The van der Waals surface area contributed by atoms with Crippen LogP contribution in [0.25, 0.3) is 0 Å². The fraction of sp³-hybridized carbons (Fsp3) is 0.364. The van der Waals surface area contributed by atoms with Crippen molar-refractivity contribution in [3.63, 3.8) is 0 Å². The third-order valence-electron chi connectivity index (χ3n) is 3.37. The molecule has 1 aliphatic heterocycles. The molecule has 0 spiro atoms. The van der Waals surface area contributed by atoms with Gasteiger partial charge in [0.05, 0.1) is 10.7 Å². The van der Waals surface area contributed by atoms with E-state index in [1.54, 1.807) is 0 Å². The van der Waals surface area contributed by atoms with Crippen LogP contribution in [0.1, 0.15) is 12.8 Å². The summed E-state index contributed by atoms with van der Waals surface area (Å²) in [5.74, 6) is -1.52. The van der Waals surface area contributed by atoms with Crippen molar-refractivity contribution < 1.29 is 26.0 Å². The molecule has 11 heteroatoms. The molecule has 0 bridgehead atoms. The fourth-order valence-electron chi connectivity index (χ4n) is 2.03. The summed E-state index contributed by atoms with van der Waals surface area (Å²) in [5, 5.41) is 2.04. The number of anilines is 1. The average molecular weight is 358 g/mol. The zero-order valence-corrected chi connectivity index (χ0v) is 12.2. The Bertz CT molecular complexity index is 787.